The minimum Gasteiger partial charge on any atom is -0.208 e. The van der Waals surface area contributed by atoms with Crippen LogP contribution in [0, 0.1) is 33.6 Å². The molecule has 1 saturated carbocycles. The molecule has 1 aliphatic carbocycles. The second kappa shape index (κ2) is 6.09. The van der Waals surface area contributed by atoms with E-state index in [2.05, 4.69) is 11.6 Å². The lowest BCUT2D eigenvalue weighted by Crippen LogP contribution is -2.41. The van der Waals surface area contributed by atoms with Crippen molar-refractivity contribution >= 4 is 10.0 Å². The highest BCUT2D eigenvalue weighted by Gasteiger charge is 2.28. The lowest BCUT2D eigenvalue weighted by atomic mass is 9.87. The molecular weight excluding hydrogens is 282 g/mol. The summed E-state index contributed by atoms with van der Waals surface area (Å²) in [7, 11) is -3.44. The average molecular weight is 309 g/mol. The SMILES string of the molecule is Cc1cc(S(=O)(=O)N[C@@H]2CCCC[C@@H]2C)c(C)c(C)c1C. The molecular formula is C17H27NO2S. The molecule has 21 heavy (non-hydrogen) atoms. The monoisotopic (exact) mass is 309 g/mol. The quantitative estimate of drug-likeness (QED) is 0.923. The summed E-state index contributed by atoms with van der Waals surface area (Å²) < 4.78 is 28.5. The molecule has 1 aliphatic rings. The Morgan fingerprint density at radius 2 is 1.62 bits per heavy atom. The standard InChI is InChI=1S/C17H27NO2S/c1-11-8-6-7-9-16(11)18-21(19,20)17-10-12(2)13(3)14(4)15(17)5/h10-11,16,18H,6-9H2,1-5H3/t11-,16+/m0/s1. The van der Waals surface area contributed by atoms with Crippen LogP contribution >= 0.6 is 0 Å². The Balaban J connectivity index is 2.36. The van der Waals surface area contributed by atoms with Crippen LogP contribution in [-0.2, 0) is 10.0 Å². The number of nitrogens with one attached hydrogen (secondary N) is 1. The molecule has 0 saturated heterocycles. The first kappa shape index (κ1) is 16.5. The normalized spacial score (nSPS) is 23.3. The number of sulfonamides is 1. The zero-order valence-corrected chi connectivity index (χ0v) is 14.6. The molecule has 0 radical (unpaired) electrons. The minimum absolute atomic E-state index is 0.0741. The molecule has 1 aromatic rings. The molecule has 0 spiro atoms. The smallest absolute Gasteiger partial charge is 0.208 e. The average Bonchev–Trinajstić information content (AvgIpc) is 2.42. The predicted molar refractivity (Wildman–Crippen MR) is 87.1 cm³/mol. The van der Waals surface area contributed by atoms with Gasteiger partial charge in [-0.25, -0.2) is 13.1 Å². The first-order valence-corrected chi connectivity index (χ1v) is 9.32. The van der Waals surface area contributed by atoms with Gasteiger partial charge in [-0.1, -0.05) is 19.8 Å². The third-order valence-corrected chi connectivity index (χ3v) is 6.76. The minimum atomic E-state index is -3.44. The molecule has 2 atom stereocenters. The Hall–Kier alpha value is -0.870. The molecule has 1 aromatic carbocycles. The van der Waals surface area contributed by atoms with Crippen molar-refractivity contribution in [3.05, 3.63) is 28.3 Å². The topological polar surface area (TPSA) is 46.2 Å². The van der Waals surface area contributed by atoms with Gasteiger partial charge in [-0.05, 0) is 74.8 Å². The molecule has 0 amide bonds. The first-order chi connectivity index (χ1) is 9.74. The Bertz CT molecular complexity index is 635. The highest BCUT2D eigenvalue weighted by Crippen LogP contribution is 2.28. The summed E-state index contributed by atoms with van der Waals surface area (Å²) in [5.41, 5.74) is 4.16. The van der Waals surface area contributed by atoms with Gasteiger partial charge < -0.3 is 0 Å². The summed E-state index contributed by atoms with van der Waals surface area (Å²) >= 11 is 0. The zero-order chi connectivity index (χ0) is 15.8. The van der Waals surface area contributed by atoms with Crippen molar-refractivity contribution in [2.24, 2.45) is 5.92 Å². The van der Waals surface area contributed by atoms with Gasteiger partial charge in [-0.3, -0.25) is 0 Å². The predicted octanol–water partition coefficient (Wildman–Crippen LogP) is 3.78. The lowest BCUT2D eigenvalue weighted by Gasteiger charge is -2.29. The van der Waals surface area contributed by atoms with Crippen LogP contribution in [0.15, 0.2) is 11.0 Å². The van der Waals surface area contributed by atoms with E-state index in [0.29, 0.717) is 10.8 Å². The van der Waals surface area contributed by atoms with E-state index in [0.717, 1.165) is 36.0 Å². The largest absolute Gasteiger partial charge is 0.241 e. The summed E-state index contributed by atoms with van der Waals surface area (Å²) in [5.74, 6) is 0.418. The maximum Gasteiger partial charge on any atom is 0.241 e. The number of aryl methyl sites for hydroxylation is 1. The number of hydrogen-bond acceptors (Lipinski definition) is 2. The summed E-state index contributed by atoms with van der Waals surface area (Å²) in [5, 5.41) is 0. The van der Waals surface area contributed by atoms with Crippen LogP contribution in [0.1, 0.15) is 54.9 Å². The van der Waals surface area contributed by atoms with Gasteiger partial charge in [-0.15, -0.1) is 0 Å². The molecule has 4 heteroatoms. The van der Waals surface area contributed by atoms with Gasteiger partial charge in [0.25, 0.3) is 0 Å². The molecule has 0 unspecified atom stereocenters. The molecule has 0 aliphatic heterocycles. The van der Waals surface area contributed by atoms with Crippen molar-refractivity contribution in [3.8, 4) is 0 Å². The van der Waals surface area contributed by atoms with Crippen LogP contribution in [0.3, 0.4) is 0 Å². The number of rotatable bonds is 3. The maximum absolute atomic E-state index is 12.8. The van der Waals surface area contributed by atoms with Gasteiger partial charge in [-0.2, -0.15) is 0 Å². The molecule has 1 fully saturated rings. The molecule has 118 valence electrons. The van der Waals surface area contributed by atoms with E-state index in [1.54, 1.807) is 0 Å². The van der Waals surface area contributed by atoms with Gasteiger partial charge in [0.05, 0.1) is 4.90 Å². The van der Waals surface area contributed by atoms with E-state index in [4.69, 9.17) is 0 Å². The Morgan fingerprint density at radius 3 is 2.24 bits per heavy atom. The van der Waals surface area contributed by atoms with Crippen LogP contribution in [0.2, 0.25) is 0 Å². The Kier molecular flexibility index (Phi) is 4.79. The van der Waals surface area contributed by atoms with Gasteiger partial charge in [0, 0.05) is 6.04 Å². The molecule has 1 N–H and O–H groups in total. The van der Waals surface area contributed by atoms with Gasteiger partial charge >= 0.3 is 0 Å². The van der Waals surface area contributed by atoms with Crippen LogP contribution in [0.25, 0.3) is 0 Å². The van der Waals surface area contributed by atoms with Crippen molar-refractivity contribution in [1.82, 2.24) is 4.72 Å². The van der Waals surface area contributed by atoms with Crippen LogP contribution in [-0.4, -0.2) is 14.5 Å². The second-order valence-corrected chi connectivity index (χ2v) is 8.24. The lowest BCUT2D eigenvalue weighted by molar-refractivity contribution is 0.310. The van der Waals surface area contributed by atoms with Crippen molar-refractivity contribution < 1.29 is 8.42 Å². The number of benzene rings is 1. The van der Waals surface area contributed by atoms with E-state index in [1.807, 2.05) is 33.8 Å². The summed E-state index contributed by atoms with van der Waals surface area (Å²) in [6.45, 7) is 10.1. The summed E-state index contributed by atoms with van der Waals surface area (Å²) in [6, 6.07) is 1.89. The molecule has 0 heterocycles. The van der Waals surface area contributed by atoms with E-state index < -0.39 is 10.0 Å². The highest BCUT2D eigenvalue weighted by atomic mass is 32.2. The molecule has 0 aromatic heterocycles. The van der Waals surface area contributed by atoms with E-state index >= 15 is 0 Å². The van der Waals surface area contributed by atoms with Crippen molar-refractivity contribution in [2.75, 3.05) is 0 Å². The Labute approximate surface area is 129 Å². The van der Waals surface area contributed by atoms with E-state index in [9.17, 15) is 8.42 Å². The highest BCUT2D eigenvalue weighted by molar-refractivity contribution is 7.89. The Morgan fingerprint density at radius 1 is 1.00 bits per heavy atom. The van der Waals surface area contributed by atoms with Gasteiger partial charge in [0.2, 0.25) is 10.0 Å². The fourth-order valence-electron chi connectivity index (χ4n) is 3.21. The van der Waals surface area contributed by atoms with Crippen molar-refractivity contribution in [2.45, 2.75) is 71.2 Å². The van der Waals surface area contributed by atoms with E-state index in [1.165, 1.54) is 12.0 Å². The third-order valence-electron chi connectivity index (χ3n) is 5.14. The van der Waals surface area contributed by atoms with Crippen molar-refractivity contribution in [3.63, 3.8) is 0 Å². The molecule has 3 nitrogen and oxygen atoms in total. The van der Waals surface area contributed by atoms with E-state index in [-0.39, 0.29) is 6.04 Å². The molecule has 0 bridgehead atoms. The zero-order valence-electron chi connectivity index (χ0n) is 13.8. The number of hydrogen-bond donors (Lipinski definition) is 1. The van der Waals surface area contributed by atoms with Gasteiger partial charge in [0.1, 0.15) is 0 Å². The van der Waals surface area contributed by atoms with Crippen LogP contribution in [0.5, 0.6) is 0 Å². The second-order valence-electron chi connectivity index (χ2n) is 6.56. The van der Waals surface area contributed by atoms with Crippen LogP contribution in [0.4, 0.5) is 0 Å². The van der Waals surface area contributed by atoms with Crippen molar-refractivity contribution in [1.29, 1.82) is 0 Å². The van der Waals surface area contributed by atoms with Gasteiger partial charge in [0.15, 0.2) is 0 Å². The fraction of sp³-hybridized carbons (Fsp3) is 0.647. The maximum atomic E-state index is 12.8. The molecule has 2 rings (SSSR count). The third kappa shape index (κ3) is 3.32. The fourth-order valence-corrected chi connectivity index (χ4v) is 4.97. The first-order valence-electron chi connectivity index (χ1n) is 7.83. The summed E-state index contributed by atoms with van der Waals surface area (Å²) in [6.07, 6.45) is 4.38. The van der Waals surface area contributed by atoms with Crippen LogP contribution < -0.4 is 4.72 Å². The summed E-state index contributed by atoms with van der Waals surface area (Å²) in [4.78, 5) is 0.445.